The molecule has 2 aromatic heterocycles. The van der Waals surface area contributed by atoms with Gasteiger partial charge in [-0.2, -0.15) is 0 Å². The molecule has 2 heterocycles. The first-order valence-corrected chi connectivity index (χ1v) is 7.87. The number of nitrogens with zero attached hydrogens (tertiary/aromatic N) is 2. The predicted molar refractivity (Wildman–Crippen MR) is 88.3 cm³/mol. The van der Waals surface area contributed by atoms with E-state index in [0.717, 1.165) is 17.0 Å². The van der Waals surface area contributed by atoms with Crippen LogP contribution < -0.4 is 10.6 Å². The van der Waals surface area contributed by atoms with Crippen molar-refractivity contribution in [3.8, 4) is 0 Å². The average molecular weight is 346 g/mol. The predicted octanol–water partition coefficient (Wildman–Crippen LogP) is 3.74. The van der Waals surface area contributed by atoms with Gasteiger partial charge in [0.2, 0.25) is 5.91 Å². The molecular weight excluding hydrogens is 334 g/mol. The molecular formula is C16H12F2N4OS. The molecule has 0 unspecified atom stereocenters. The van der Waals surface area contributed by atoms with Crippen LogP contribution in [0.3, 0.4) is 0 Å². The Labute approximate surface area is 140 Å². The highest BCUT2D eigenvalue weighted by atomic mass is 32.1. The van der Waals surface area contributed by atoms with Crippen molar-refractivity contribution >= 4 is 34.6 Å². The van der Waals surface area contributed by atoms with Crippen LogP contribution in [0.15, 0.2) is 47.8 Å². The summed E-state index contributed by atoms with van der Waals surface area (Å²) in [4.78, 5) is 12.8. The smallest absolute Gasteiger partial charge is 0.230 e. The Balaban J connectivity index is 1.64. The van der Waals surface area contributed by atoms with E-state index in [-0.39, 0.29) is 29.7 Å². The van der Waals surface area contributed by atoms with E-state index in [9.17, 15) is 13.6 Å². The van der Waals surface area contributed by atoms with Crippen LogP contribution in [-0.4, -0.2) is 16.1 Å². The highest BCUT2D eigenvalue weighted by Crippen LogP contribution is 2.22. The lowest BCUT2D eigenvalue weighted by Gasteiger charge is -2.08. The number of rotatable bonds is 5. The summed E-state index contributed by atoms with van der Waals surface area (Å²) in [7, 11) is 0. The molecule has 2 N–H and O–H groups in total. The fraction of sp³-hybridized carbons (Fsp3) is 0.0625. The normalized spacial score (nSPS) is 10.4. The highest BCUT2D eigenvalue weighted by Gasteiger charge is 2.10. The summed E-state index contributed by atoms with van der Waals surface area (Å²) in [5.41, 5.74) is -0.304. The maximum Gasteiger partial charge on any atom is 0.230 e. The van der Waals surface area contributed by atoms with E-state index in [0.29, 0.717) is 0 Å². The molecule has 0 bridgehead atoms. The molecule has 0 aliphatic carbocycles. The van der Waals surface area contributed by atoms with Crippen LogP contribution in [0.4, 0.5) is 26.1 Å². The van der Waals surface area contributed by atoms with Crippen molar-refractivity contribution in [2.45, 2.75) is 6.42 Å². The number of aromatic nitrogens is 2. The van der Waals surface area contributed by atoms with Crippen molar-refractivity contribution in [3.05, 3.63) is 64.4 Å². The van der Waals surface area contributed by atoms with Gasteiger partial charge in [-0.05, 0) is 35.7 Å². The highest BCUT2D eigenvalue weighted by molar-refractivity contribution is 7.10. The van der Waals surface area contributed by atoms with Gasteiger partial charge >= 0.3 is 0 Å². The minimum atomic E-state index is -0.731. The zero-order valence-electron chi connectivity index (χ0n) is 12.3. The molecule has 0 aliphatic heterocycles. The number of benzene rings is 1. The second kappa shape index (κ2) is 7.14. The van der Waals surface area contributed by atoms with Crippen molar-refractivity contribution in [2.75, 3.05) is 10.6 Å². The van der Waals surface area contributed by atoms with Gasteiger partial charge in [0, 0.05) is 4.88 Å². The molecule has 0 radical (unpaired) electrons. The number of carbonyl (C=O) groups is 1. The van der Waals surface area contributed by atoms with E-state index in [1.165, 1.54) is 29.5 Å². The van der Waals surface area contributed by atoms with Gasteiger partial charge in [0.25, 0.3) is 0 Å². The molecule has 0 saturated heterocycles. The Morgan fingerprint density at radius 2 is 1.71 bits per heavy atom. The second-order valence-electron chi connectivity index (χ2n) is 4.83. The van der Waals surface area contributed by atoms with Gasteiger partial charge in [-0.3, -0.25) is 4.79 Å². The van der Waals surface area contributed by atoms with Crippen molar-refractivity contribution in [2.24, 2.45) is 0 Å². The van der Waals surface area contributed by atoms with Gasteiger partial charge in [0.15, 0.2) is 11.6 Å². The van der Waals surface area contributed by atoms with Gasteiger partial charge in [0.1, 0.15) is 17.3 Å². The maximum absolute atomic E-state index is 13.6. The van der Waals surface area contributed by atoms with Crippen LogP contribution in [0, 0.1) is 11.6 Å². The first-order valence-electron chi connectivity index (χ1n) is 6.99. The fourth-order valence-electron chi connectivity index (χ4n) is 1.97. The summed E-state index contributed by atoms with van der Waals surface area (Å²) in [6.07, 6.45) is 0.250. The van der Waals surface area contributed by atoms with E-state index in [1.54, 1.807) is 0 Å². The third-order valence-electron chi connectivity index (χ3n) is 3.06. The zero-order valence-corrected chi connectivity index (χ0v) is 13.1. The molecule has 8 heteroatoms. The van der Waals surface area contributed by atoms with E-state index in [1.807, 2.05) is 17.5 Å². The minimum absolute atomic E-state index is 0.162. The molecule has 0 aliphatic rings. The van der Waals surface area contributed by atoms with Crippen LogP contribution in [0.2, 0.25) is 0 Å². The van der Waals surface area contributed by atoms with Gasteiger partial charge in [-0.1, -0.05) is 12.1 Å². The third kappa shape index (κ3) is 3.90. The van der Waals surface area contributed by atoms with Crippen molar-refractivity contribution < 1.29 is 13.6 Å². The first kappa shape index (κ1) is 16.0. The van der Waals surface area contributed by atoms with Crippen molar-refractivity contribution in [3.63, 3.8) is 0 Å². The number of hydrogen-bond acceptors (Lipinski definition) is 5. The number of thiophene rings is 1. The van der Waals surface area contributed by atoms with Crippen LogP contribution in [0.5, 0.6) is 0 Å². The summed E-state index contributed by atoms with van der Waals surface area (Å²) in [6.45, 7) is 0. The average Bonchev–Trinajstić information content (AvgIpc) is 3.05. The van der Waals surface area contributed by atoms with E-state index in [4.69, 9.17) is 0 Å². The zero-order chi connectivity index (χ0) is 16.9. The minimum Gasteiger partial charge on any atom is -0.334 e. The van der Waals surface area contributed by atoms with Gasteiger partial charge in [0.05, 0.1) is 6.42 Å². The summed E-state index contributed by atoms with van der Waals surface area (Å²) < 4.78 is 27.1. The lowest BCUT2D eigenvalue weighted by atomic mass is 10.3. The SMILES string of the molecule is O=C(Cc1cccs1)Nc1ccc(Nc2c(F)cccc2F)nn1. The Morgan fingerprint density at radius 1 is 1.00 bits per heavy atom. The lowest BCUT2D eigenvalue weighted by molar-refractivity contribution is -0.115. The number of carbonyl (C=O) groups excluding carboxylic acids is 1. The maximum atomic E-state index is 13.6. The van der Waals surface area contributed by atoms with Crippen molar-refractivity contribution in [1.29, 1.82) is 0 Å². The molecule has 122 valence electrons. The van der Waals surface area contributed by atoms with Gasteiger partial charge in [-0.25, -0.2) is 8.78 Å². The molecule has 0 atom stereocenters. The van der Waals surface area contributed by atoms with E-state index >= 15 is 0 Å². The molecule has 3 rings (SSSR count). The van der Waals surface area contributed by atoms with Crippen molar-refractivity contribution in [1.82, 2.24) is 10.2 Å². The molecule has 0 saturated carbocycles. The number of para-hydroxylation sites is 1. The monoisotopic (exact) mass is 346 g/mol. The number of hydrogen-bond donors (Lipinski definition) is 2. The number of nitrogens with one attached hydrogen (secondary N) is 2. The van der Waals surface area contributed by atoms with E-state index in [2.05, 4.69) is 20.8 Å². The van der Waals surface area contributed by atoms with Crippen LogP contribution in [0.25, 0.3) is 0 Å². The molecule has 1 amide bonds. The molecule has 0 spiro atoms. The van der Waals surface area contributed by atoms with Crippen LogP contribution >= 0.6 is 11.3 Å². The lowest BCUT2D eigenvalue weighted by Crippen LogP contribution is -2.15. The summed E-state index contributed by atoms with van der Waals surface area (Å²) in [6, 6.07) is 10.3. The Kier molecular flexibility index (Phi) is 4.76. The summed E-state index contributed by atoms with van der Waals surface area (Å²) in [5, 5.41) is 14.6. The second-order valence-corrected chi connectivity index (χ2v) is 5.86. The fourth-order valence-corrected chi connectivity index (χ4v) is 2.67. The first-order chi connectivity index (χ1) is 11.6. The number of halogens is 2. The molecule has 24 heavy (non-hydrogen) atoms. The molecule has 3 aromatic rings. The van der Waals surface area contributed by atoms with Gasteiger partial charge < -0.3 is 10.6 Å². The van der Waals surface area contributed by atoms with E-state index < -0.39 is 11.6 Å². The largest absolute Gasteiger partial charge is 0.334 e. The Bertz CT molecular complexity index is 818. The van der Waals surface area contributed by atoms with Gasteiger partial charge in [-0.15, -0.1) is 21.5 Å². The third-order valence-corrected chi connectivity index (χ3v) is 3.94. The van der Waals surface area contributed by atoms with Crippen LogP contribution in [-0.2, 0) is 11.2 Å². The topological polar surface area (TPSA) is 66.9 Å². The summed E-state index contributed by atoms with van der Waals surface area (Å²) >= 11 is 1.49. The Hall–Kier alpha value is -2.87. The molecule has 0 fully saturated rings. The number of amides is 1. The Morgan fingerprint density at radius 3 is 2.33 bits per heavy atom. The summed E-state index contributed by atoms with van der Waals surface area (Å²) in [5.74, 6) is -1.26. The quantitative estimate of drug-likeness (QED) is 0.738. The molecule has 5 nitrogen and oxygen atoms in total. The van der Waals surface area contributed by atoms with Crippen LogP contribution in [0.1, 0.15) is 4.88 Å². The standard InChI is InChI=1S/C16H12F2N4OS/c17-11-4-1-5-12(18)16(11)20-14-7-6-13(21-22-14)19-15(23)9-10-3-2-8-24-10/h1-8H,9H2,(H,20,22)(H,19,21,23). The number of anilines is 3. The molecule has 1 aromatic carbocycles.